The molecule has 0 aliphatic heterocycles. The van der Waals surface area contributed by atoms with Gasteiger partial charge in [-0.05, 0) is 0 Å². The maximum Gasteiger partial charge on any atom is 0.360 e. The molecule has 24 nitrogen and oxygen atoms in total. The number of amides is 8. The summed E-state index contributed by atoms with van der Waals surface area (Å²) in [7, 11) is 0. The number of nitrogens with one attached hydrogen (secondary N) is 4. The van der Waals surface area contributed by atoms with Crippen molar-refractivity contribution >= 4 is 149 Å². The molecular weight excluding hydrogens is 977 g/mol. The fourth-order valence-corrected chi connectivity index (χ4v) is 10.2. The van der Waals surface area contributed by atoms with E-state index in [9.17, 15) is 66.6 Å². The Morgan fingerprint density at radius 1 is 0.413 bits per heavy atom. The first kappa shape index (κ1) is 63.6. The number of rotatable bonds is 28. The van der Waals surface area contributed by atoms with E-state index in [1.165, 1.54) is 0 Å². The van der Waals surface area contributed by atoms with Crippen molar-refractivity contribution in [1.82, 2.24) is 21.3 Å². The van der Waals surface area contributed by atoms with Crippen molar-refractivity contribution < 1.29 is 75.1 Å². The van der Waals surface area contributed by atoms with Crippen molar-refractivity contribution in [2.45, 2.75) is 77.5 Å². The van der Waals surface area contributed by atoms with E-state index in [0.29, 0.717) is 0 Å². The number of carbonyl (C=O) groups is 12. The third kappa shape index (κ3) is 35.3. The first-order valence-electron chi connectivity index (χ1n) is 17.8. The molecule has 0 bridgehead atoms. The summed E-state index contributed by atoms with van der Waals surface area (Å²) in [6.45, 7) is 4.65. The van der Waals surface area contributed by atoms with Gasteiger partial charge in [0.25, 0.3) is 0 Å². The van der Waals surface area contributed by atoms with Crippen molar-refractivity contribution in [3.05, 3.63) is 0 Å². The van der Waals surface area contributed by atoms with Gasteiger partial charge in [-0.3, -0.25) is 38.4 Å². The summed E-state index contributed by atoms with van der Waals surface area (Å²) in [4.78, 5) is 139. The van der Waals surface area contributed by atoms with E-state index in [1.807, 2.05) is 0 Å². The Bertz CT molecular complexity index is 1420. The van der Waals surface area contributed by atoms with Crippen LogP contribution in [0.25, 0.3) is 0 Å². The fourth-order valence-electron chi connectivity index (χ4n) is 3.87. The highest BCUT2D eigenvalue weighted by atomic mass is 32.2. The zero-order valence-electron chi connectivity index (χ0n) is 34.5. The molecule has 0 saturated heterocycles. The van der Waals surface area contributed by atoms with Crippen LogP contribution < -0.4 is 44.2 Å². The largest absolute Gasteiger partial charge is 0.602 e. The van der Waals surface area contributed by atoms with Gasteiger partial charge in [-0.15, -0.1) is 0 Å². The van der Waals surface area contributed by atoms with Gasteiger partial charge >= 0.3 is 32.0 Å². The standard InChI is InChI=1S/2C16H26N4O7S3.O2S/c2*1-9(21)19-11(7-28-5-3-13(17)23)15(25)30(27)16(26)12(20-10(2)22)8-29-6-4-14(18)24;1-3-2/h2*11-12H,3-8H2,1-2H3,(H2,17,23)(H2,18,24)(H,19,21)(H,20,22);/t2*11-,12-;/m00./s1. The van der Waals surface area contributed by atoms with E-state index in [-0.39, 0.29) is 71.7 Å². The van der Waals surface area contributed by atoms with E-state index in [2.05, 4.69) is 21.3 Å². The van der Waals surface area contributed by atoms with E-state index >= 15 is 0 Å². The van der Waals surface area contributed by atoms with Crippen LogP contribution in [0.2, 0.25) is 0 Å². The second kappa shape index (κ2) is 37.6. The number of nitrogens with two attached hydrogens (primary N) is 4. The Hall–Kier alpha value is -3.72. The summed E-state index contributed by atoms with van der Waals surface area (Å²) >= 11 is -1.53. The summed E-state index contributed by atoms with van der Waals surface area (Å²) in [6, 6.07) is -4.87. The molecule has 31 heteroatoms. The molecule has 0 rings (SSSR count). The summed E-state index contributed by atoms with van der Waals surface area (Å²) in [5, 5.41) is 5.28. The van der Waals surface area contributed by atoms with Gasteiger partial charge in [0.1, 0.15) is 46.5 Å². The molecule has 358 valence electrons. The van der Waals surface area contributed by atoms with Crippen LogP contribution in [-0.2, 0) is 91.5 Å². The second-order valence-electron chi connectivity index (χ2n) is 12.1. The molecule has 12 N–H and O–H groups in total. The van der Waals surface area contributed by atoms with Crippen LogP contribution in [0.5, 0.6) is 0 Å². The van der Waals surface area contributed by atoms with Gasteiger partial charge in [-0.25, -0.2) is 19.2 Å². The lowest BCUT2D eigenvalue weighted by Gasteiger charge is -2.20. The monoisotopic (exact) mass is 1030 g/mol. The lowest BCUT2D eigenvalue weighted by Crippen LogP contribution is -2.51. The van der Waals surface area contributed by atoms with Gasteiger partial charge in [-0.2, -0.15) is 55.5 Å². The Morgan fingerprint density at radius 2 is 0.571 bits per heavy atom. The van der Waals surface area contributed by atoms with Crippen LogP contribution in [0.1, 0.15) is 53.4 Å². The van der Waals surface area contributed by atoms with E-state index in [4.69, 9.17) is 31.4 Å². The van der Waals surface area contributed by atoms with Crippen LogP contribution in [0, 0.1) is 0 Å². The molecule has 4 atom stereocenters. The molecule has 0 aliphatic carbocycles. The van der Waals surface area contributed by atoms with Crippen molar-refractivity contribution in [2.75, 3.05) is 46.0 Å². The van der Waals surface area contributed by atoms with Crippen molar-refractivity contribution in [3.63, 3.8) is 0 Å². The quantitative estimate of drug-likeness (QED) is 0.0270. The molecule has 8 amide bonds. The maximum absolute atomic E-state index is 12.5. The van der Waals surface area contributed by atoms with E-state index in [1.54, 1.807) is 0 Å². The van der Waals surface area contributed by atoms with Gasteiger partial charge < -0.3 is 53.3 Å². The molecule has 0 aromatic heterocycles. The molecule has 0 unspecified atom stereocenters. The van der Waals surface area contributed by atoms with Crippen molar-refractivity contribution in [3.8, 4) is 0 Å². The number of hydrogen-bond donors (Lipinski definition) is 8. The minimum Gasteiger partial charge on any atom is -0.602 e. The molecule has 0 heterocycles. The minimum absolute atomic E-state index is 0.0110. The lowest BCUT2D eigenvalue weighted by atomic mass is 10.3. The Labute approximate surface area is 389 Å². The number of carbonyl (C=O) groups excluding carboxylic acids is 12. The molecule has 0 fully saturated rings. The van der Waals surface area contributed by atoms with Crippen molar-refractivity contribution in [2.24, 2.45) is 22.9 Å². The summed E-state index contributed by atoms with van der Waals surface area (Å²) in [5.74, 6) is -3.29. The van der Waals surface area contributed by atoms with Gasteiger partial charge in [0, 0.05) is 99.4 Å². The van der Waals surface area contributed by atoms with Crippen LogP contribution >= 0.6 is 47.0 Å². The molecule has 0 aliphatic rings. The Kier molecular flexibility index (Phi) is 38.0. The number of thioether (sulfide) groups is 4. The van der Waals surface area contributed by atoms with Crippen molar-refractivity contribution in [1.29, 1.82) is 0 Å². The Morgan fingerprint density at radius 3 is 0.698 bits per heavy atom. The zero-order chi connectivity index (χ0) is 49.2. The summed E-state index contributed by atoms with van der Waals surface area (Å²) < 4.78 is 41.6. The molecule has 0 saturated carbocycles. The first-order chi connectivity index (χ1) is 29.3. The van der Waals surface area contributed by atoms with Crippen LogP contribution in [0.3, 0.4) is 0 Å². The predicted octanol–water partition coefficient (Wildman–Crippen LogP) is -4.64. The molecule has 63 heavy (non-hydrogen) atoms. The lowest BCUT2D eigenvalue weighted by molar-refractivity contribution is -0.124. The van der Waals surface area contributed by atoms with Crippen LogP contribution in [0.15, 0.2) is 0 Å². The predicted molar refractivity (Wildman–Crippen MR) is 240 cm³/mol. The Balaban J connectivity index is -0.00000107. The smallest absolute Gasteiger partial charge is 0.360 e. The molecule has 0 aromatic carbocycles. The molecule has 0 aromatic rings. The normalized spacial score (nSPS) is 12.3. The zero-order valence-corrected chi connectivity index (χ0v) is 40.2. The minimum atomic E-state index is -2.65. The highest BCUT2D eigenvalue weighted by molar-refractivity contribution is 8.19. The SMILES string of the molecule is CC(=O)N[C@@H](CSCCC(N)=O)C(=O)[S+]([O-])C(=O)[C@H](CSCCC(N)=O)NC(C)=O.CC(=O)N[C@@H](CSCCC(N)=O)C(=O)[S+]([O-])C(=O)[C@H](CSCCC(N)=O)NC(C)=O.O=S=O. The average molecular weight is 1030 g/mol. The van der Waals surface area contributed by atoms with Crippen LogP contribution in [-0.4, -0.2) is 155 Å². The first-order valence-corrected chi connectivity index (χ1v) is 25.3. The molecule has 0 spiro atoms. The summed E-state index contributed by atoms with van der Waals surface area (Å²) in [6.07, 6.45) is 0.225. The van der Waals surface area contributed by atoms with Gasteiger partial charge in [0.05, 0.1) is 0 Å². The van der Waals surface area contributed by atoms with E-state index in [0.717, 1.165) is 74.7 Å². The third-order valence-electron chi connectivity index (χ3n) is 6.49. The van der Waals surface area contributed by atoms with E-state index < -0.39 is 126 Å². The third-order valence-corrected chi connectivity index (χ3v) is 13.3. The highest BCUT2D eigenvalue weighted by Crippen LogP contribution is 2.15. The number of primary amides is 4. The van der Waals surface area contributed by atoms with Gasteiger partial charge in [0.15, 0.2) is 0 Å². The molecular formula is C32H52N8O16S7. The second-order valence-corrected chi connectivity index (χ2v) is 19.5. The van der Waals surface area contributed by atoms with Gasteiger partial charge in [-0.1, -0.05) is 0 Å². The maximum atomic E-state index is 12.5. The average Bonchev–Trinajstić information content (AvgIpc) is 3.17. The fraction of sp³-hybridized carbons (Fsp3) is 0.625. The molecule has 0 radical (unpaired) electrons. The van der Waals surface area contributed by atoms with Gasteiger partial charge in [0.2, 0.25) is 47.3 Å². The topological polar surface area (TPSA) is 437 Å². The highest BCUT2D eigenvalue weighted by Gasteiger charge is 2.42. The summed E-state index contributed by atoms with van der Waals surface area (Å²) in [5.41, 5.74) is 20.1. The number of hydrogen-bond acceptors (Lipinski definition) is 20. The van der Waals surface area contributed by atoms with Crippen LogP contribution in [0.4, 0.5) is 0 Å².